The van der Waals surface area contributed by atoms with Crippen LogP contribution in [-0.2, 0) is 26.0 Å². The first kappa shape index (κ1) is 17.0. The van der Waals surface area contributed by atoms with E-state index in [9.17, 15) is 13.2 Å². The predicted octanol–water partition coefficient (Wildman–Crippen LogP) is 2.90. The highest BCUT2D eigenvalue weighted by atomic mass is 32.2. The average molecular weight is 333 g/mol. The van der Waals surface area contributed by atoms with Gasteiger partial charge in [0.15, 0.2) is 0 Å². The van der Waals surface area contributed by atoms with Gasteiger partial charge in [-0.05, 0) is 37.6 Å². The molecular formula is C17H19NO4S. The highest BCUT2D eigenvalue weighted by Crippen LogP contribution is 2.21. The Kier molecular flexibility index (Phi) is 5.39. The van der Waals surface area contributed by atoms with E-state index in [1.54, 1.807) is 55.5 Å². The number of aryl methyl sites for hydroxylation is 1. The number of carbonyl (C=O) groups excluding carboxylic acids is 1. The maximum absolute atomic E-state index is 12.4. The molecule has 5 nitrogen and oxygen atoms in total. The first-order chi connectivity index (χ1) is 10.9. The van der Waals surface area contributed by atoms with Gasteiger partial charge >= 0.3 is 5.97 Å². The van der Waals surface area contributed by atoms with Crippen molar-refractivity contribution in [1.29, 1.82) is 0 Å². The number of ether oxygens (including phenoxy) is 1. The molecule has 0 spiro atoms. The Morgan fingerprint density at radius 3 is 2.39 bits per heavy atom. The molecule has 2 aromatic carbocycles. The summed E-state index contributed by atoms with van der Waals surface area (Å²) in [7, 11) is -3.70. The van der Waals surface area contributed by atoms with E-state index in [-0.39, 0.29) is 17.9 Å². The monoisotopic (exact) mass is 333 g/mol. The lowest BCUT2D eigenvalue weighted by Gasteiger charge is -2.12. The molecule has 0 atom stereocenters. The van der Waals surface area contributed by atoms with Gasteiger partial charge in [-0.3, -0.25) is 9.52 Å². The normalized spacial score (nSPS) is 11.0. The zero-order valence-electron chi connectivity index (χ0n) is 13.1. The Balaban J connectivity index is 2.25. The second-order valence-corrected chi connectivity index (χ2v) is 6.74. The number of anilines is 1. The third-order valence-corrected chi connectivity index (χ3v) is 4.61. The molecule has 0 saturated carbocycles. The van der Waals surface area contributed by atoms with E-state index >= 15 is 0 Å². The lowest BCUT2D eigenvalue weighted by molar-refractivity contribution is -0.142. The van der Waals surface area contributed by atoms with Crippen molar-refractivity contribution in [1.82, 2.24) is 0 Å². The number of hydrogen-bond acceptors (Lipinski definition) is 4. The van der Waals surface area contributed by atoms with Gasteiger partial charge in [0.2, 0.25) is 0 Å². The number of benzene rings is 2. The molecule has 6 heteroatoms. The van der Waals surface area contributed by atoms with Crippen LogP contribution in [0.15, 0.2) is 53.4 Å². The van der Waals surface area contributed by atoms with Gasteiger partial charge in [0, 0.05) is 0 Å². The van der Waals surface area contributed by atoms with E-state index in [1.807, 2.05) is 6.92 Å². The Bertz CT molecular complexity index is 782. The van der Waals surface area contributed by atoms with E-state index in [0.29, 0.717) is 11.3 Å². The van der Waals surface area contributed by atoms with Crippen molar-refractivity contribution < 1.29 is 17.9 Å². The van der Waals surface area contributed by atoms with Crippen LogP contribution in [-0.4, -0.2) is 21.0 Å². The molecule has 2 rings (SSSR count). The van der Waals surface area contributed by atoms with Crippen molar-refractivity contribution in [3.8, 4) is 0 Å². The molecule has 0 aromatic heterocycles. The molecular weight excluding hydrogens is 314 g/mol. The van der Waals surface area contributed by atoms with E-state index in [2.05, 4.69) is 4.72 Å². The quantitative estimate of drug-likeness (QED) is 0.825. The molecule has 0 aliphatic heterocycles. The molecule has 0 saturated heterocycles. The zero-order chi connectivity index (χ0) is 16.9. The summed E-state index contributed by atoms with van der Waals surface area (Å²) in [5, 5.41) is 0. The van der Waals surface area contributed by atoms with Crippen molar-refractivity contribution >= 4 is 21.7 Å². The summed E-state index contributed by atoms with van der Waals surface area (Å²) in [6.45, 7) is 3.90. The van der Waals surface area contributed by atoms with Crippen LogP contribution in [0.25, 0.3) is 0 Å². The van der Waals surface area contributed by atoms with Gasteiger partial charge in [-0.15, -0.1) is 0 Å². The fourth-order valence-corrected chi connectivity index (χ4v) is 3.16. The molecule has 0 aliphatic rings. The minimum absolute atomic E-state index is 0.0143. The van der Waals surface area contributed by atoms with Crippen molar-refractivity contribution in [2.75, 3.05) is 11.3 Å². The first-order valence-electron chi connectivity index (χ1n) is 7.25. The van der Waals surface area contributed by atoms with Crippen LogP contribution < -0.4 is 4.72 Å². The summed E-state index contributed by atoms with van der Waals surface area (Å²) >= 11 is 0. The molecule has 0 heterocycles. The van der Waals surface area contributed by atoms with Crippen LogP contribution in [0.2, 0.25) is 0 Å². The second-order valence-electron chi connectivity index (χ2n) is 5.06. The fraction of sp³-hybridized carbons (Fsp3) is 0.235. The van der Waals surface area contributed by atoms with E-state index in [0.717, 1.165) is 5.56 Å². The number of sulfonamides is 1. The maximum Gasteiger partial charge on any atom is 0.310 e. The van der Waals surface area contributed by atoms with Crippen LogP contribution >= 0.6 is 0 Å². The van der Waals surface area contributed by atoms with Crippen LogP contribution in [0, 0.1) is 6.92 Å². The van der Waals surface area contributed by atoms with Crippen molar-refractivity contribution in [2.45, 2.75) is 25.2 Å². The molecule has 2 aromatic rings. The van der Waals surface area contributed by atoms with Crippen molar-refractivity contribution in [3.05, 3.63) is 59.7 Å². The highest BCUT2D eigenvalue weighted by molar-refractivity contribution is 7.92. The molecule has 0 bridgehead atoms. The van der Waals surface area contributed by atoms with Crippen molar-refractivity contribution in [3.63, 3.8) is 0 Å². The average Bonchev–Trinajstić information content (AvgIpc) is 2.50. The van der Waals surface area contributed by atoms with Gasteiger partial charge in [0.05, 0.1) is 23.6 Å². The van der Waals surface area contributed by atoms with Crippen molar-refractivity contribution in [2.24, 2.45) is 0 Å². The third-order valence-electron chi connectivity index (χ3n) is 3.23. The largest absolute Gasteiger partial charge is 0.466 e. The van der Waals surface area contributed by atoms with Gasteiger partial charge in [0.25, 0.3) is 10.0 Å². The molecule has 0 amide bonds. The minimum Gasteiger partial charge on any atom is -0.466 e. The van der Waals surface area contributed by atoms with Gasteiger partial charge in [0.1, 0.15) is 0 Å². The van der Waals surface area contributed by atoms with Crippen LogP contribution in [0.1, 0.15) is 18.1 Å². The Labute approximate surface area is 136 Å². The van der Waals surface area contributed by atoms with Crippen LogP contribution in [0.5, 0.6) is 0 Å². The summed E-state index contributed by atoms with van der Waals surface area (Å²) in [4.78, 5) is 11.8. The summed E-state index contributed by atoms with van der Waals surface area (Å²) in [6, 6.07) is 13.3. The molecule has 0 unspecified atom stereocenters. The van der Waals surface area contributed by atoms with E-state index in [1.165, 1.54) is 0 Å². The van der Waals surface area contributed by atoms with Gasteiger partial charge < -0.3 is 4.74 Å². The Morgan fingerprint density at radius 2 is 1.74 bits per heavy atom. The van der Waals surface area contributed by atoms with E-state index < -0.39 is 16.0 Å². The summed E-state index contributed by atoms with van der Waals surface area (Å²) in [6.07, 6.45) is 0.0143. The van der Waals surface area contributed by atoms with Gasteiger partial charge in [-0.1, -0.05) is 35.9 Å². The number of para-hydroxylation sites is 1. The lowest BCUT2D eigenvalue weighted by atomic mass is 10.1. The summed E-state index contributed by atoms with van der Waals surface area (Å²) < 4.78 is 32.3. The third kappa shape index (κ3) is 4.56. The predicted molar refractivity (Wildman–Crippen MR) is 88.8 cm³/mol. The summed E-state index contributed by atoms with van der Waals surface area (Å²) in [5.74, 6) is -0.394. The molecule has 0 aliphatic carbocycles. The number of hydrogen-bond donors (Lipinski definition) is 1. The van der Waals surface area contributed by atoms with Crippen LogP contribution in [0.3, 0.4) is 0 Å². The SMILES string of the molecule is CCOC(=O)Cc1ccccc1NS(=O)(=O)c1ccc(C)cc1. The lowest BCUT2D eigenvalue weighted by Crippen LogP contribution is -2.16. The highest BCUT2D eigenvalue weighted by Gasteiger charge is 2.17. The smallest absolute Gasteiger partial charge is 0.310 e. The molecule has 1 N–H and O–H groups in total. The Hall–Kier alpha value is -2.34. The molecule has 23 heavy (non-hydrogen) atoms. The fourth-order valence-electron chi connectivity index (χ4n) is 2.06. The van der Waals surface area contributed by atoms with Crippen LogP contribution in [0.4, 0.5) is 5.69 Å². The second kappa shape index (κ2) is 7.28. The van der Waals surface area contributed by atoms with E-state index in [4.69, 9.17) is 4.74 Å². The number of esters is 1. The first-order valence-corrected chi connectivity index (χ1v) is 8.73. The van der Waals surface area contributed by atoms with Gasteiger partial charge in [-0.2, -0.15) is 0 Å². The number of nitrogens with one attached hydrogen (secondary N) is 1. The minimum atomic E-state index is -3.70. The maximum atomic E-state index is 12.4. The standard InChI is InChI=1S/C17H19NO4S/c1-3-22-17(19)12-14-6-4-5-7-16(14)18-23(20,21)15-10-8-13(2)9-11-15/h4-11,18H,3,12H2,1-2H3. The number of carbonyl (C=O) groups is 1. The van der Waals surface area contributed by atoms with Gasteiger partial charge in [-0.25, -0.2) is 8.42 Å². The number of rotatable bonds is 6. The molecule has 0 radical (unpaired) electrons. The molecule has 0 fully saturated rings. The molecule has 122 valence electrons. The Morgan fingerprint density at radius 1 is 1.09 bits per heavy atom. The zero-order valence-corrected chi connectivity index (χ0v) is 13.9. The summed E-state index contributed by atoms with van der Waals surface area (Å²) in [5.41, 5.74) is 1.93. The topological polar surface area (TPSA) is 72.5 Å².